The van der Waals surface area contributed by atoms with Crippen LogP contribution in [0.25, 0.3) is 0 Å². The first-order valence-electron chi connectivity index (χ1n) is 8.46. The van der Waals surface area contributed by atoms with Gasteiger partial charge in [-0.1, -0.05) is 65.7 Å². The number of nitrogens with zero attached hydrogens (tertiary/aromatic N) is 2. The maximum atomic E-state index is 12.8. The minimum atomic E-state index is -3.59. The molecule has 0 saturated carbocycles. The monoisotopic (exact) mass is 432 g/mol. The zero-order valence-electron chi connectivity index (χ0n) is 15.1. The van der Waals surface area contributed by atoms with Crippen LogP contribution in [0, 0.1) is 0 Å². The molecule has 28 heavy (non-hydrogen) atoms. The average Bonchev–Trinajstić information content (AvgIpc) is 2.70. The molecule has 0 saturated heterocycles. The molecule has 0 unspecified atom stereocenters. The molecule has 0 heterocycles. The Labute approximate surface area is 175 Å². The molecular weight excluding hydrogens is 415 g/mol. The standard InChI is InChI=1S/C21H18Cl2N2O2S/c1-25(15-16-6-3-2-4-7-16)28(26,27)19-12-10-18(11-13-19)24-14-17-8-5-9-20(22)21(17)23/h2-14H,15H2,1H3. The SMILES string of the molecule is CN(Cc1ccccc1)S(=O)(=O)c1ccc(N=Cc2cccc(Cl)c2Cl)cc1. The van der Waals surface area contributed by atoms with Gasteiger partial charge in [0.15, 0.2) is 0 Å². The van der Waals surface area contributed by atoms with Crippen molar-refractivity contribution in [1.29, 1.82) is 0 Å². The molecule has 0 aliphatic carbocycles. The predicted octanol–water partition coefficient (Wildman–Crippen LogP) is 5.56. The fraction of sp³-hybridized carbons (Fsp3) is 0.0952. The summed E-state index contributed by atoms with van der Waals surface area (Å²) in [5, 5.41) is 0.878. The van der Waals surface area contributed by atoms with E-state index in [9.17, 15) is 8.42 Å². The number of rotatable bonds is 6. The van der Waals surface area contributed by atoms with Crippen molar-refractivity contribution in [2.75, 3.05) is 7.05 Å². The van der Waals surface area contributed by atoms with Crippen LogP contribution < -0.4 is 0 Å². The van der Waals surface area contributed by atoms with E-state index in [2.05, 4.69) is 4.99 Å². The molecule has 0 aliphatic rings. The zero-order valence-corrected chi connectivity index (χ0v) is 17.4. The van der Waals surface area contributed by atoms with Crippen molar-refractivity contribution in [3.8, 4) is 0 Å². The van der Waals surface area contributed by atoms with Crippen molar-refractivity contribution in [2.45, 2.75) is 11.4 Å². The molecular formula is C21H18Cl2N2O2S. The van der Waals surface area contributed by atoms with Crippen LogP contribution in [0.15, 0.2) is 82.7 Å². The molecule has 0 bridgehead atoms. The fourth-order valence-electron chi connectivity index (χ4n) is 2.57. The van der Waals surface area contributed by atoms with Gasteiger partial charge in [-0.05, 0) is 35.9 Å². The van der Waals surface area contributed by atoms with Gasteiger partial charge in [0.25, 0.3) is 0 Å². The molecule has 0 atom stereocenters. The topological polar surface area (TPSA) is 49.7 Å². The summed E-state index contributed by atoms with van der Waals surface area (Å²) in [6.07, 6.45) is 1.60. The number of sulfonamides is 1. The predicted molar refractivity (Wildman–Crippen MR) is 115 cm³/mol. The van der Waals surface area contributed by atoms with E-state index < -0.39 is 10.0 Å². The van der Waals surface area contributed by atoms with Crippen LogP contribution >= 0.6 is 23.2 Å². The molecule has 3 aromatic rings. The van der Waals surface area contributed by atoms with E-state index in [1.54, 1.807) is 55.7 Å². The summed E-state index contributed by atoms with van der Waals surface area (Å²) in [7, 11) is -2.03. The summed E-state index contributed by atoms with van der Waals surface area (Å²) in [6.45, 7) is 0.302. The largest absolute Gasteiger partial charge is 0.256 e. The quantitative estimate of drug-likeness (QED) is 0.478. The Balaban J connectivity index is 1.76. The molecule has 0 fully saturated rings. The summed E-state index contributed by atoms with van der Waals surface area (Å²) < 4.78 is 26.9. The van der Waals surface area contributed by atoms with Crippen molar-refractivity contribution in [1.82, 2.24) is 4.31 Å². The zero-order chi connectivity index (χ0) is 20.1. The van der Waals surface area contributed by atoms with Crippen LogP contribution in [0.4, 0.5) is 5.69 Å². The Morgan fingerprint density at radius 2 is 1.61 bits per heavy atom. The second-order valence-corrected chi connectivity index (χ2v) is 8.97. The van der Waals surface area contributed by atoms with Gasteiger partial charge in [0.1, 0.15) is 0 Å². The van der Waals surface area contributed by atoms with Gasteiger partial charge in [0, 0.05) is 25.4 Å². The fourth-order valence-corrected chi connectivity index (χ4v) is 4.09. The van der Waals surface area contributed by atoms with Crippen molar-refractivity contribution >= 4 is 45.1 Å². The molecule has 3 rings (SSSR count). The second-order valence-electron chi connectivity index (χ2n) is 6.14. The average molecular weight is 433 g/mol. The second kappa shape index (κ2) is 8.88. The molecule has 7 heteroatoms. The van der Waals surface area contributed by atoms with E-state index in [0.29, 0.717) is 27.8 Å². The molecule has 0 aliphatic heterocycles. The highest BCUT2D eigenvalue weighted by Crippen LogP contribution is 2.25. The van der Waals surface area contributed by atoms with Gasteiger partial charge in [-0.15, -0.1) is 0 Å². The third-order valence-corrected chi connectivity index (χ3v) is 6.78. The molecule has 0 amide bonds. The van der Waals surface area contributed by atoms with Gasteiger partial charge < -0.3 is 0 Å². The van der Waals surface area contributed by atoms with Gasteiger partial charge in [-0.2, -0.15) is 4.31 Å². The van der Waals surface area contributed by atoms with Gasteiger partial charge in [0.2, 0.25) is 10.0 Å². The molecule has 3 aromatic carbocycles. The highest BCUT2D eigenvalue weighted by molar-refractivity contribution is 7.89. The van der Waals surface area contributed by atoms with E-state index in [4.69, 9.17) is 23.2 Å². The summed E-state index contributed by atoms with van der Waals surface area (Å²) in [5.41, 5.74) is 2.22. The minimum Gasteiger partial charge on any atom is -0.256 e. The van der Waals surface area contributed by atoms with Crippen LogP contribution in [-0.2, 0) is 16.6 Å². The molecule has 144 valence electrons. The van der Waals surface area contributed by atoms with E-state index in [0.717, 1.165) is 5.56 Å². The van der Waals surface area contributed by atoms with Crippen molar-refractivity contribution in [2.24, 2.45) is 4.99 Å². The van der Waals surface area contributed by atoms with Crippen LogP contribution in [0.5, 0.6) is 0 Å². The normalized spacial score (nSPS) is 12.0. The molecule has 0 spiro atoms. The maximum Gasteiger partial charge on any atom is 0.243 e. The Hall–Kier alpha value is -2.18. The third-order valence-electron chi connectivity index (χ3n) is 4.13. The van der Waals surface area contributed by atoms with Gasteiger partial charge in [0.05, 0.1) is 20.6 Å². The molecule has 0 radical (unpaired) electrons. The first kappa shape index (κ1) is 20.6. The first-order chi connectivity index (χ1) is 13.4. The Kier molecular flexibility index (Phi) is 6.52. The lowest BCUT2D eigenvalue weighted by atomic mass is 10.2. The number of benzene rings is 3. The molecule has 4 nitrogen and oxygen atoms in total. The van der Waals surface area contributed by atoms with Crippen LogP contribution in [0.2, 0.25) is 10.0 Å². The molecule has 0 aromatic heterocycles. The lowest BCUT2D eigenvalue weighted by Gasteiger charge is -2.17. The Morgan fingerprint density at radius 1 is 0.929 bits per heavy atom. The number of hydrogen-bond donors (Lipinski definition) is 0. The van der Waals surface area contributed by atoms with Gasteiger partial charge in [-0.25, -0.2) is 8.42 Å². The lowest BCUT2D eigenvalue weighted by molar-refractivity contribution is 0.467. The van der Waals surface area contributed by atoms with E-state index >= 15 is 0 Å². The minimum absolute atomic E-state index is 0.214. The number of aliphatic imine (C=N–C) groups is 1. The maximum absolute atomic E-state index is 12.8. The summed E-state index contributed by atoms with van der Waals surface area (Å²) in [6, 6.07) is 21.1. The highest BCUT2D eigenvalue weighted by atomic mass is 35.5. The highest BCUT2D eigenvalue weighted by Gasteiger charge is 2.20. The Morgan fingerprint density at radius 3 is 2.29 bits per heavy atom. The Bertz CT molecular complexity index is 1080. The summed E-state index contributed by atoms with van der Waals surface area (Å²) >= 11 is 12.1. The lowest BCUT2D eigenvalue weighted by Crippen LogP contribution is -2.26. The third kappa shape index (κ3) is 4.80. The smallest absolute Gasteiger partial charge is 0.243 e. The van der Waals surface area contributed by atoms with E-state index in [-0.39, 0.29) is 4.90 Å². The molecule has 0 N–H and O–H groups in total. The van der Waals surface area contributed by atoms with Crippen LogP contribution in [0.3, 0.4) is 0 Å². The number of halogens is 2. The first-order valence-corrected chi connectivity index (χ1v) is 10.7. The van der Waals surface area contributed by atoms with Crippen molar-refractivity contribution in [3.63, 3.8) is 0 Å². The van der Waals surface area contributed by atoms with Crippen molar-refractivity contribution < 1.29 is 8.42 Å². The number of hydrogen-bond acceptors (Lipinski definition) is 3. The van der Waals surface area contributed by atoms with E-state index in [1.165, 1.54) is 4.31 Å². The summed E-state index contributed by atoms with van der Waals surface area (Å²) in [4.78, 5) is 4.55. The van der Waals surface area contributed by atoms with Crippen molar-refractivity contribution in [3.05, 3.63) is 94.0 Å². The van der Waals surface area contributed by atoms with Gasteiger partial charge in [-0.3, -0.25) is 4.99 Å². The van der Waals surface area contributed by atoms with Crippen LogP contribution in [-0.4, -0.2) is 26.0 Å². The summed E-state index contributed by atoms with van der Waals surface area (Å²) in [5.74, 6) is 0. The van der Waals surface area contributed by atoms with Crippen LogP contribution in [0.1, 0.15) is 11.1 Å². The van der Waals surface area contributed by atoms with Gasteiger partial charge >= 0.3 is 0 Å². The van der Waals surface area contributed by atoms with E-state index in [1.807, 2.05) is 30.3 Å².